The Morgan fingerprint density at radius 2 is 1.03 bits per heavy atom. The van der Waals surface area contributed by atoms with Crippen LogP contribution < -0.4 is 0 Å². The Bertz CT molecular complexity index is 1380. The van der Waals surface area contributed by atoms with Crippen LogP contribution in [-0.4, -0.2) is 20.4 Å². The summed E-state index contributed by atoms with van der Waals surface area (Å²) in [4.78, 5) is 0. The molecule has 4 N–H and O–H groups in total. The van der Waals surface area contributed by atoms with Crippen LogP contribution in [0.1, 0.15) is 44.5 Å². The summed E-state index contributed by atoms with van der Waals surface area (Å²) in [5.41, 5.74) is 7.72. The molecule has 0 aliphatic heterocycles. The quantitative estimate of drug-likeness (QED) is 0.168. The van der Waals surface area contributed by atoms with Crippen molar-refractivity contribution in [2.45, 2.75) is 32.5 Å². The Morgan fingerprint density at radius 3 is 1.40 bits per heavy atom. The lowest BCUT2D eigenvalue weighted by Gasteiger charge is -2.35. The van der Waals surface area contributed by atoms with Crippen molar-refractivity contribution in [3.63, 3.8) is 0 Å². The number of phenols is 2. The molecule has 4 aromatic carbocycles. The van der Waals surface area contributed by atoms with Crippen LogP contribution in [0.4, 0.5) is 0 Å². The highest BCUT2D eigenvalue weighted by Gasteiger charge is 2.47. The number of hydrogen-bond acceptors (Lipinski definition) is 4. The van der Waals surface area contributed by atoms with Crippen molar-refractivity contribution in [3.8, 4) is 22.6 Å². The Labute approximate surface area is 231 Å². The van der Waals surface area contributed by atoms with Crippen LogP contribution in [0.15, 0.2) is 60.7 Å². The fourth-order valence-electron chi connectivity index (χ4n) is 5.44. The Hall–Kier alpha value is -2.14. The molecule has 4 nitrogen and oxygen atoms in total. The van der Waals surface area contributed by atoms with E-state index in [0.717, 1.165) is 40.5 Å². The third-order valence-electron chi connectivity index (χ3n) is 7.03. The molecular weight excluding hydrogens is 666 g/mol. The van der Waals surface area contributed by atoms with Crippen LogP contribution in [-0.2, 0) is 18.6 Å². The minimum absolute atomic E-state index is 0.0908. The van der Waals surface area contributed by atoms with E-state index < -0.39 is 5.41 Å². The number of hydrogen-bond donors (Lipinski definition) is 4. The third kappa shape index (κ3) is 3.68. The fourth-order valence-corrected chi connectivity index (χ4v) is 6.42. The van der Waals surface area contributed by atoms with Gasteiger partial charge in [0.1, 0.15) is 11.5 Å². The highest BCUT2D eigenvalue weighted by atomic mass is 127. The van der Waals surface area contributed by atoms with Gasteiger partial charge in [-0.3, -0.25) is 0 Å². The first-order valence-corrected chi connectivity index (χ1v) is 13.4. The molecule has 0 spiro atoms. The van der Waals surface area contributed by atoms with Gasteiger partial charge in [-0.05, 0) is 140 Å². The smallest absolute Gasteiger partial charge is 0.124 e. The summed E-state index contributed by atoms with van der Waals surface area (Å²) < 4.78 is 2.17. The van der Waals surface area contributed by atoms with Gasteiger partial charge in [-0.25, -0.2) is 0 Å². The molecule has 0 fully saturated rings. The monoisotopic (exact) mass is 690 g/mol. The molecule has 0 amide bonds. The summed E-state index contributed by atoms with van der Waals surface area (Å²) in [7, 11) is 0. The number of halogens is 2. The van der Waals surface area contributed by atoms with Gasteiger partial charge in [-0.2, -0.15) is 0 Å². The molecule has 5 rings (SSSR count). The number of aliphatic hydroxyl groups excluding tert-OH is 2. The molecular formula is C29H24I2O4. The third-order valence-corrected chi connectivity index (χ3v) is 8.37. The molecule has 1 aliphatic carbocycles. The molecule has 0 radical (unpaired) electrons. The average Bonchev–Trinajstić information content (AvgIpc) is 3.11. The lowest BCUT2D eigenvalue weighted by atomic mass is 9.66. The van der Waals surface area contributed by atoms with Gasteiger partial charge in [0.05, 0.1) is 18.6 Å². The summed E-state index contributed by atoms with van der Waals surface area (Å²) in [6.45, 7) is 3.11. The molecule has 0 bridgehead atoms. The second-order valence-corrected chi connectivity index (χ2v) is 11.5. The van der Waals surface area contributed by atoms with E-state index >= 15 is 0 Å². The zero-order chi connectivity index (χ0) is 25.1. The van der Waals surface area contributed by atoms with Crippen molar-refractivity contribution < 1.29 is 20.4 Å². The van der Waals surface area contributed by atoms with Gasteiger partial charge < -0.3 is 20.4 Å². The highest BCUT2D eigenvalue weighted by molar-refractivity contribution is 14.1. The van der Waals surface area contributed by atoms with Crippen LogP contribution in [0.2, 0.25) is 0 Å². The number of aliphatic hydroxyl groups is 2. The average molecular weight is 690 g/mol. The standard InChI is InChI=1S/C29H24I2O4/c1-15-7-19(9-17(13-32)27(15)34)29(20-8-16(2)28(35)18(10-20)14-33)25-11-21(30)3-5-23(25)24-6-4-22(31)12-26(24)29/h3-12,32-35H,13-14H2,1-2H3. The van der Waals surface area contributed by atoms with Gasteiger partial charge in [0.15, 0.2) is 0 Å². The van der Waals surface area contributed by atoms with Gasteiger partial charge in [-0.1, -0.05) is 24.3 Å². The summed E-state index contributed by atoms with van der Waals surface area (Å²) >= 11 is 4.65. The molecule has 0 heterocycles. The van der Waals surface area contributed by atoms with Crippen molar-refractivity contribution in [1.82, 2.24) is 0 Å². The second kappa shape index (κ2) is 9.06. The summed E-state index contributed by atoms with van der Waals surface area (Å²) in [6, 6.07) is 20.6. The van der Waals surface area contributed by atoms with E-state index in [1.54, 1.807) is 0 Å². The van der Waals surface area contributed by atoms with E-state index in [0.29, 0.717) is 22.3 Å². The number of fused-ring (bicyclic) bond motifs is 3. The van der Waals surface area contributed by atoms with Gasteiger partial charge in [0.2, 0.25) is 0 Å². The van der Waals surface area contributed by atoms with Crippen LogP contribution in [0, 0.1) is 21.0 Å². The van der Waals surface area contributed by atoms with E-state index in [1.807, 2.05) is 38.1 Å². The van der Waals surface area contributed by atoms with Crippen molar-refractivity contribution in [1.29, 1.82) is 0 Å². The molecule has 0 saturated heterocycles. The minimum atomic E-state index is -0.780. The van der Waals surface area contributed by atoms with Crippen LogP contribution >= 0.6 is 45.2 Å². The predicted octanol–water partition coefficient (Wildman–Crippen LogP) is 6.27. The Kier molecular flexibility index (Phi) is 6.36. The van der Waals surface area contributed by atoms with Gasteiger partial charge in [-0.15, -0.1) is 0 Å². The Balaban J connectivity index is 2.03. The van der Waals surface area contributed by atoms with Gasteiger partial charge >= 0.3 is 0 Å². The van der Waals surface area contributed by atoms with E-state index in [4.69, 9.17) is 0 Å². The fraction of sp³-hybridized carbons (Fsp3) is 0.172. The van der Waals surface area contributed by atoms with Crippen molar-refractivity contribution >= 4 is 45.2 Å². The maximum Gasteiger partial charge on any atom is 0.124 e. The second-order valence-electron chi connectivity index (χ2n) is 9.05. The highest BCUT2D eigenvalue weighted by Crippen LogP contribution is 2.57. The molecule has 6 heteroatoms. The predicted molar refractivity (Wildman–Crippen MR) is 154 cm³/mol. The molecule has 0 unspecified atom stereocenters. The summed E-state index contributed by atoms with van der Waals surface area (Å²) in [5.74, 6) is 0.182. The molecule has 0 saturated carbocycles. The SMILES string of the molecule is Cc1cc(C2(c3cc(C)c(O)c(CO)c3)c3cc(I)ccc3-c3ccc(I)cc32)cc(CO)c1O. The van der Waals surface area contributed by atoms with Crippen molar-refractivity contribution in [2.75, 3.05) is 0 Å². The number of aromatic hydroxyl groups is 2. The zero-order valence-corrected chi connectivity index (χ0v) is 23.5. The van der Waals surface area contributed by atoms with Crippen molar-refractivity contribution in [3.05, 3.63) is 112 Å². The molecule has 4 aromatic rings. The first-order chi connectivity index (χ1) is 16.7. The Morgan fingerprint density at radius 1 is 0.629 bits per heavy atom. The first-order valence-electron chi connectivity index (χ1n) is 11.2. The van der Waals surface area contributed by atoms with E-state index in [2.05, 4.69) is 81.6 Å². The maximum atomic E-state index is 10.6. The lowest BCUT2D eigenvalue weighted by molar-refractivity contribution is 0.275. The zero-order valence-electron chi connectivity index (χ0n) is 19.2. The first kappa shape index (κ1) is 24.5. The molecule has 178 valence electrons. The van der Waals surface area contributed by atoms with Crippen LogP contribution in [0.5, 0.6) is 11.5 Å². The molecule has 35 heavy (non-hydrogen) atoms. The van der Waals surface area contributed by atoms with Gasteiger partial charge in [0, 0.05) is 18.3 Å². The molecule has 0 atom stereocenters. The minimum Gasteiger partial charge on any atom is -0.507 e. The summed E-state index contributed by atoms with van der Waals surface area (Å²) in [6.07, 6.45) is 0. The van der Waals surface area contributed by atoms with Crippen LogP contribution in [0.3, 0.4) is 0 Å². The van der Waals surface area contributed by atoms with E-state index in [9.17, 15) is 20.4 Å². The largest absolute Gasteiger partial charge is 0.507 e. The lowest BCUT2D eigenvalue weighted by Crippen LogP contribution is -2.29. The normalized spacial score (nSPS) is 13.5. The topological polar surface area (TPSA) is 80.9 Å². The number of aryl methyl sites for hydroxylation is 2. The van der Waals surface area contributed by atoms with E-state index in [1.165, 1.54) is 0 Å². The number of rotatable bonds is 4. The molecule has 0 aromatic heterocycles. The van der Waals surface area contributed by atoms with Crippen LogP contribution in [0.25, 0.3) is 11.1 Å². The molecule has 1 aliphatic rings. The summed E-state index contributed by atoms with van der Waals surface area (Å²) in [5, 5.41) is 41.4. The van der Waals surface area contributed by atoms with Gasteiger partial charge in [0.25, 0.3) is 0 Å². The van der Waals surface area contributed by atoms with E-state index in [-0.39, 0.29) is 24.7 Å². The maximum absolute atomic E-state index is 10.6. The van der Waals surface area contributed by atoms with Crippen molar-refractivity contribution in [2.24, 2.45) is 0 Å². The number of benzene rings is 4.